The van der Waals surface area contributed by atoms with Crippen LogP contribution in [0.3, 0.4) is 0 Å². The fourth-order valence-electron chi connectivity index (χ4n) is 4.23. The van der Waals surface area contributed by atoms with Crippen molar-refractivity contribution >= 4 is 16.9 Å². The monoisotopic (exact) mass is 522 g/mol. The van der Waals surface area contributed by atoms with E-state index in [-0.39, 0.29) is 35.0 Å². The van der Waals surface area contributed by atoms with Crippen molar-refractivity contribution in [2.45, 2.75) is 32.3 Å². The van der Waals surface area contributed by atoms with Gasteiger partial charge in [0.25, 0.3) is 0 Å². The smallest absolute Gasteiger partial charge is 0.306 e. The topological polar surface area (TPSA) is 167 Å². The average molecular weight is 523 g/mol. The second kappa shape index (κ2) is 10.3. The average Bonchev–Trinajstić information content (AvgIpc) is 2.86. The largest absolute Gasteiger partial charge is 0.507 e. The minimum absolute atomic E-state index is 0.0120. The van der Waals surface area contributed by atoms with Crippen molar-refractivity contribution in [2.24, 2.45) is 0 Å². The Morgan fingerprint density at radius 3 is 2.18 bits per heavy atom. The van der Waals surface area contributed by atoms with Crippen molar-refractivity contribution in [2.75, 3.05) is 7.11 Å². The summed E-state index contributed by atoms with van der Waals surface area (Å²) >= 11 is 0. The van der Waals surface area contributed by atoms with Crippen LogP contribution in [-0.2, 0) is 9.53 Å². The maximum atomic E-state index is 13.2. The summed E-state index contributed by atoms with van der Waals surface area (Å²) in [5, 5.41) is 51.2. The van der Waals surface area contributed by atoms with E-state index in [1.807, 2.05) is 13.8 Å². The SMILES string of the molecule is COC(=O)C[C@H](c1ccc(OC(C)C)cc1)c1c(O)cc(O)c2c(=O)c(O)c(-c3ccc(O)c(O)c3)oc12. The van der Waals surface area contributed by atoms with E-state index in [1.54, 1.807) is 24.3 Å². The zero-order valence-electron chi connectivity index (χ0n) is 20.8. The summed E-state index contributed by atoms with van der Waals surface area (Å²) in [5.41, 5.74) is -0.741. The van der Waals surface area contributed by atoms with E-state index in [0.717, 1.165) is 18.2 Å². The zero-order valence-corrected chi connectivity index (χ0v) is 20.8. The molecule has 0 aliphatic heterocycles. The van der Waals surface area contributed by atoms with Crippen LogP contribution in [0.2, 0.25) is 0 Å². The molecule has 0 aliphatic carbocycles. The second-order valence-electron chi connectivity index (χ2n) is 8.91. The molecule has 4 rings (SSSR count). The fraction of sp³-hybridized carbons (Fsp3) is 0.214. The van der Waals surface area contributed by atoms with Gasteiger partial charge in [-0.25, -0.2) is 0 Å². The molecule has 10 heteroatoms. The van der Waals surface area contributed by atoms with Gasteiger partial charge in [-0.3, -0.25) is 9.59 Å². The number of esters is 1. The van der Waals surface area contributed by atoms with Gasteiger partial charge in [0.05, 0.1) is 19.6 Å². The minimum atomic E-state index is -1.01. The number of aromatic hydroxyl groups is 5. The molecule has 0 fully saturated rings. The molecule has 1 heterocycles. The number of phenolic OH excluding ortho intramolecular Hbond substituents is 4. The first-order valence-electron chi connectivity index (χ1n) is 11.6. The zero-order chi connectivity index (χ0) is 27.7. The van der Waals surface area contributed by atoms with E-state index < -0.39 is 51.4 Å². The number of fused-ring (bicyclic) bond motifs is 1. The Morgan fingerprint density at radius 1 is 0.895 bits per heavy atom. The highest BCUT2D eigenvalue weighted by Crippen LogP contribution is 2.45. The molecule has 0 bridgehead atoms. The maximum absolute atomic E-state index is 13.2. The molecule has 3 aromatic carbocycles. The summed E-state index contributed by atoms with van der Waals surface area (Å²) in [7, 11) is 1.21. The quantitative estimate of drug-likeness (QED) is 0.173. The Kier molecular flexibility index (Phi) is 7.07. The molecular weight excluding hydrogens is 496 g/mol. The van der Waals surface area contributed by atoms with Crippen LogP contribution in [0, 0.1) is 0 Å². The normalized spacial score (nSPS) is 12.0. The summed E-state index contributed by atoms with van der Waals surface area (Å²) in [6.45, 7) is 3.74. The number of hydrogen-bond acceptors (Lipinski definition) is 10. The lowest BCUT2D eigenvalue weighted by Gasteiger charge is -2.21. The van der Waals surface area contributed by atoms with Crippen molar-refractivity contribution in [3.05, 3.63) is 69.9 Å². The maximum Gasteiger partial charge on any atom is 0.306 e. The van der Waals surface area contributed by atoms with Crippen molar-refractivity contribution in [1.29, 1.82) is 0 Å². The first kappa shape index (κ1) is 26.2. The lowest BCUT2D eigenvalue weighted by Crippen LogP contribution is -2.13. The number of methoxy groups -OCH3 is 1. The van der Waals surface area contributed by atoms with E-state index in [2.05, 4.69) is 0 Å². The van der Waals surface area contributed by atoms with Gasteiger partial charge in [0.1, 0.15) is 28.2 Å². The van der Waals surface area contributed by atoms with Crippen molar-refractivity contribution in [3.8, 4) is 45.8 Å². The lowest BCUT2D eigenvalue weighted by atomic mass is 9.86. The number of carbonyl (C=O) groups is 1. The van der Waals surface area contributed by atoms with E-state index in [9.17, 15) is 35.1 Å². The third-order valence-electron chi connectivity index (χ3n) is 5.98. The van der Waals surface area contributed by atoms with Crippen LogP contribution in [0.1, 0.15) is 37.3 Å². The first-order chi connectivity index (χ1) is 18.0. The molecule has 0 spiro atoms. The Hall–Kier alpha value is -4.86. The van der Waals surface area contributed by atoms with Gasteiger partial charge in [0.2, 0.25) is 11.2 Å². The molecule has 10 nitrogen and oxygen atoms in total. The van der Waals surface area contributed by atoms with Crippen LogP contribution in [0.25, 0.3) is 22.3 Å². The Balaban J connectivity index is 2.01. The summed E-state index contributed by atoms with van der Waals surface area (Å²) in [6.07, 6.45) is -0.342. The number of benzene rings is 3. The molecule has 0 unspecified atom stereocenters. The van der Waals surface area contributed by atoms with Crippen LogP contribution in [0.5, 0.6) is 34.5 Å². The highest BCUT2D eigenvalue weighted by atomic mass is 16.5. The molecule has 0 radical (unpaired) electrons. The molecule has 0 saturated carbocycles. The highest BCUT2D eigenvalue weighted by Gasteiger charge is 2.30. The Bertz CT molecular complexity index is 1570. The number of hydrogen-bond donors (Lipinski definition) is 5. The van der Waals surface area contributed by atoms with Gasteiger partial charge in [-0.2, -0.15) is 0 Å². The predicted octanol–water partition coefficient (Wildman–Crippen LogP) is 4.47. The van der Waals surface area contributed by atoms with E-state index in [4.69, 9.17) is 13.9 Å². The molecule has 0 aliphatic rings. The van der Waals surface area contributed by atoms with Crippen molar-refractivity contribution < 1.29 is 44.2 Å². The molecule has 4 aromatic rings. The summed E-state index contributed by atoms with van der Waals surface area (Å²) in [6, 6.07) is 11.2. The third kappa shape index (κ3) is 4.88. The molecule has 1 atom stereocenters. The summed E-state index contributed by atoms with van der Waals surface area (Å²) < 4.78 is 16.4. The summed E-state index contributed by atoms with van der Waals surface area (Å²) in [4.78, 5) is 25.6. The number of carbonyl (C=O) groups excluding carboxylic acids is 1. The second-order valence-corrected chi connectivity index (χ2v) is 8.91. The predicted molar refractivity (Wildman–Crippen MR) is 137 cm³/mol. The summed E-state index contributed by atoms with van der Waals surface area (Å²) in [5.74, 6) is -4.30. The number of rotatable bonds is 7. The standard InChI is InChI=1S/C28H26O10/c1-13(2)37-16-7-4-14(5-8-16)17(11-22(33)36-3)23-20(31)12-21(32)24-25(34)26(35)27(38-28(23)24)15-6-9-18(29)19(30)10-15/h4-10,12-13,17,29-32,35H,11H2,1-3H3/t17-/m1/s1. The van der Waals surface area contributed by atoms with Crippen molar-refractivity contribution in [1.82, 2.24) is 0 Å². The van der Waals surface area contributed by atoms with Crippen LogP contribution >= 0.6 is 0 Å². The van der Waals surface area contributed by atoms with Gasteiger partial charge in [0.15, 0.2) is 17.3 Å². The number of ether oxygens (including phenoxy) is 2. The fourth-order valence-corrected chi connectivity index (χ4v) is 4.23. The van der Waals surface area contributed by atoms with Gasteiger partial charge in [-0.05, 0) is 49.7 Å². The van der Waals surface area contributed by atoms with Gasteiger partial charge in [-0.15, -0.1) is 0 Å². The van der Waals surface area contributed by atoms with Gasteiger partial charge in [-0.1, -0.05) is 12.1 Å². The molecule has 0 amide bonds. The third-order valence-corrected chi connectivity index (χ3v) is 5.98. The van der Waals surface area contributed by atoms with Gasteiger partial charge in [0, 0.05) is 23.1 Å². The number of phenols is 4. The first-order valence-corrected chi connectivity index (χ1v) is 11.6. The molecular formula is C28H26O10. The highest BCUT2D eigenvalue weighted by molar-refractivity contribution is 5.92. The lowest BCUT2D eigenvalue weighted by molar-refractivity contribution is -0.140. The van der Waals surface area contributed by atoms with Crippen LogP contribution in [0.4, 0.5) is 0 Å². The van der Waals surface area contributed by atoms with Gasteiger partial charge < -0.3 is 39.4 Å². The van der Waals surface area contributed by atoms with Crippen LogP contribution in [-0.4, -0.2) is 44.7 Å². The van der Waals surface area contributed by atoms with Gasteiger partial charge >= 0.3 is 5.97 Å². The minimum Gasteiger partial charge on any atom is -0.507 e. The molecule has 0 saturated heterocycles. The molecule has 198 valence electrons. The van der Waals surface area contributed by atoms with Crippen molar-refractivity contribution in [3.63, 3.8) is 0 Å². The molecule has 1 aromatic heterocycles. The molecule has 38 heavy (non-hydrogen) atoms. The van der Waals surface area contributed by atoms with Crippen LogP contribution < -0.4 is 10.2 Å². The van der Waals surface area contributed by atoms with E-state index >= 15 is 0 Å². The molecule has 5 N–H and O–H groups in total. The Labute approximate surface area is 216 Å². The van der Waals surface area contributed by atoms with E-state index in [1.165, 1.54) is 13.2 Å². The van der Waals surface area contributed by atoms with Crippen LogP contribution in [0.15, 0.2) is 57.7 Å². The Morgan fingerprint density at radius 2 is 1.58 bits per heavy atom. The van der Waals surface area contributed by atoms with E-state index in [0.29, 0.717) is 11.3 Å².